The number of para-hydroxylation sites is 2. The predicted molar refractivity (Wildman–Crippen MR) is 111 cm³/mol. The molecule has 0 radical (unpaired) electrons. The Balaban J connectivity index is 1.60. The number of piperidine rings is 1. The molecule has 2 atom stereocenters. The molecule has 4 heteroatoms. The molecular weight excluding hydrogens is 334 g/mol. The van der Waals surface area contributed by atoms with E-state index in [-0.39, 0.29) is 5.92 Å². The highest BCUT2D eigenvalue weighted by atomic mass is 16.2. The molecule has 0 bridgehead atoms. The van der Waals surface area contributed by atoms with Gasteiger partial charge in [0.25, 0.3) is 0 Å². The molecule has 0 aliphatic carbocycles. The number of hydrogen-bond donors (Lipinski definition) is 1. The summed E-state index contributed by atoms with van der Waals surface area (Å²) < 4.78 is 0. The molecule has 0 unspecified atom stereocenters. The zero-order valence-electron chi connectivity index (χ0n) is 16.1. The van der Waals surface area contributed by atoms with Gasteiger partial charge in [0.05, 0.1) is 11.4 Å². The third-order valence-electron chi connectivity index (χ3n) is 5.78. The van der Waals surface area contributed by atoms with Crippen LogP contribution in [0.5, 0.6) is 0 Å². The molecular formula is C23H29N3O. The molecule has 1 amide bonds. The van der Waals surface area contributed by atoms with E-state index in [4.69, 9.17) is 0 Å². The van der Waals surface area contributed by atoms with Gasteiger partial charge < -0.3 is 15.1 Å². The third-order valence-corrected chi connectivity index (χ3v) is 5.78. The summed E-state index contributed by atoms with van der Waals surface area (Å²) in [5, 5.41) is 3.46. The van der Waals surface area contributed by atoms with E-state index in [0.717, 1.165) is 51.1 Å². The summed E-state index contributed by atoms with van der Waals surface area (Å²) >= 11 is 0. The molecule has 1 saturated heterocycles. The van der Waals surface area contributed by atoms with Crippen molar-refractivity contribution < 1.29 is 4.79 Å². The van der Waals surface area contributed by atoms with E-state index in [9.17, 15) is 4.79 Å². The number of fused-ring (bicyclic) bond motifs is 1. The quantitative estimate of drug-likeness (QED) is 0.900. The van der Waals surface area contributed by atoms with Crippen LogP contribution in [0, 0.1) is 5.92 Å². The molecule has 0 saturated carbocycles. The summed E-state index contributed by atoms with van der Waals surface area (Å²) in [6.07, 6.45) is 2.87. The molecule has 2 aromatic rings. The highest BCUT2D eigenvalue weighted by molar-refractivity contribution is 5.98. The second-order valence-electron chi connectivity index (χ2n) is 7.82. The molecule has 4 rings (SSSR count). The van der Waals surface area contributed by atoms with Crippen molar-refractivity contribution >= 4 is 17.3 Å². The molecule has 2 aliphatic heterocycles. The number of benzene rings is 2. The summed E-state index contributed by atoms with van der Waals surface area (Å²) in [6, 6.07) is 19.4. The molecule has 0 spiro atoms. The van der Waals surface area contributed by atoms with Crippen molar-refractivity contribution in [3.63, 3.8) is 0 Å². The maximum Gasteiger partial charge on any atom is 0.230 e. The van der Waals surface area contributed by atoms with Crippen LogP contribution in [0.3, 0.4) is 0 Å². The van der Waals surface area contributed by atoms with E-state index in [0.29, 0.717) is 11.9 Å². The van der Waals surface area contributed by atoms with Gasteiger partial charge in [0.1, 0.15) is 0 Å². The number of amides is 1. The largest absolute Gasteiger partial charge is 0.365 e. The van der Waals surface area contributed by atoms with Gasteiger partial charge in [-0.05, 0) is 50.4 Å². The summed E-state index contributed by atoms with van der Waals surface area (Å²) in [5.41, 5.74) is 3.55. The van der Waals surface area contributed by atoms with E-state index < -0.39 is 0 Å². The van der Waals surface area contributed by atoms with Gasteiger partial charge in [0.2, 0.25) is 5.91 Å². The van der Waals surface area contributed by atoms with E-state index in [1.807, 2.05) is 0 Å². The van der Waals surface area contributed by atoms with E-state index in [1.54, 1.807) is 0 Å². The fourth-order valence-corrected chi connectivity index (χ4v) is 4.39. The van der Waals surface area contributed by atoms with E-state index in [1.165, 1.54) is 11.3 Å². The van der Waals surface area contributed by atoms with Crippen molar-refractivity contribution in [3.05, 3.63) is 60.2 Å². The minimum absolute atomic E-state index is 0.134. The van der Waals surface area contributed by atoms with Crippen LogP contribution in [0.15, 0.2) is 54.6 Å². The van der Waals surface area contributed by atoms with Crippen molar-refractivity contribution in [3.8, 4) is 0 Å². The van der Waals surface area contributed by atoms with Crippen molar-refractivity contribution in [2.75, 3.05) is 29.4 Å². The van der Waals surface area contributed by atoms with E-state index >= 15 is 0 Å². The Morgan fingerprint density at radius 1 is 1.04 bits per heavy atom. The normalized spacial score (nSPS) is 22.9. The van der Waals surface area contributed by atoms with Crippen LogP contribution in [-0.2, 0) is 11.3 Å². The van der Waals surface area contributed by atoms with Gasteiger partial charge in [-0.1, -0.05) is 42.5 Å². The molecule has 142 valence electrons. The van der Waals surface area contributed by atoms with Crippen LogP contribution >= 0.6 is 0 Å². The maximum absolute atomic E-state index is 13.4. The summed E-state index contributed by atoms with van der Waals surface area (Å²) in [4.78, 5) is 17.8. The number of carbonyl (C=O) groups excluding carboxylic acids is 1. The third kappa shape index (κ3) is 4.01. The standard InChI is InChI=1S/C23H29N3O/c1-18-16-20(12-13-24-18)23(27)26-15-7-14-25(17-19-8-3-2-4-9-19)21-10-5-6-11-22(21)26/h2-6,8-11,18,20,24H,7,12-17H2,1H3/t18-,20-/m0/s1. The van der Waals surface area contributed by atoms with Crippen molar-refractivity contribution in [1.82, 2.24) is 5.32 Å². The molecule has 27 heavy (non-hydrogen) atoms. The smallest absolute Gasteiger partial charge is 0.230 e. The molecule has 0 aromatic heterocycles. The number of hydrogen-bond acceptors (Lipinski definition) is 3. The second-order valence-corrected chi connectivity index (χ2v) is 7.82. The number of nitrogens with one attached hydrogen (secondary N) is 1. The first kappa shape index (κ1) is 18.1. The van der Waals surface area contributed by atoms with Crippen molar-refractivity contribution in [1.29, 1.82) is 0 Å². The first-order valence-corrected chi connectivity index (χ1v) is 10.1. The fraction of sp³-hybridized carbons (Fsp3) is 0.435. The van der Waals surface area contributed by atoms with Crippen LogP contribution in [0.25, 0.3) is 0 Å². The Kier molecular flexibility index (Phi) is 5.44. The van der Waals surface area contributed by atoms with Gasteiger partial charge in [-0.3, -0.25) is 4.79 Å². The Bertz CT molecular complexity index is 776. The first-order valence-electron chi connectivity index (χ1n) is 10.1. The Labute approximate surface area is 162 Å². The highest BCUT2D eigenvalue weighted by Gasteiger charge is 2.32. The van der Waals surface area contributed by atoms with Gasteiger partial charge >= 0.3 is 0 Å². The lowest BCUT2D eigenvalue weighted by molar-refractivity contribution is -0.123. The van der Waals surface area contributed by atoms with Crippen LogP contribution in [0.1, 0.15) is 31.7 Å². The van der Waals surface area contributed by atoms with Crippen molar-refractivity contribution in [2.45, 2.75) is 38.8 Å². The monoisotopic (exact) mass is 363 g/mol. The van der Waals surface area contributed by atoms with Gasteiger partial charge in [0, 0.05) is 31.6 Å². The molecule has 2 aromatic carbocycles. The average Bonchev–Trinajstić information content (AvgIpc) is 2.88. The molecule has 2 heterocycles. The average molecular weight is 364 g/mol. The van der Waals surface area contributed by atoms with Crippen LogP contribution < -0.4 is 15.1 Å². The van der Waals surface area contributed by atoms with Crippen molar-refractivity contribution in [2.24, 2.45) is 5.92 Å². The summed E-state index contributed by atoms with van der Waals surface area (Å²) in [5.74, 6) is 0.437. The lowest BCUT2D eigenvalue weighted by Gasteiger charge is -2.32. The number of nitrogens with zero attached hydrogens (tertiary/aromatic N) is 2. The summed E-state index contributed by atoms with van der Waals surface area (Å²) in [7, 11) is 0. The molecule has 1 fully saturated rings. The van der Waals surface area contributed by atoms with E-state index in [2.05, 4.69) is 76.6 Å². The Morgan fingerprint density at radius 3 is 2.56 bits per heavy atom. The molecule has 2 aliphatic rings. The first-order chi connectivity index (χ1) is 13.2. The fourth-order valence-electron chi connectivity index (χ4n) is 4.39. The Hall–Kier alpha value is -2.33. The zero-order valence-corrected chi connectivity index (χ0v) is 16.1. The summed E-state index contributed by atoms with van der Waals surface area (Å²) in [6.45, 7) is 5.77. The SMILES string of the molecule is C[C@H]1C[C@@H](C(=O)N2CCCN(Cc3ccccc3)c3ccccc32)CCN1. The number of anilines is 2. The van der Waals surface area contributed by atoms with Gasteiger partial charge in [-0.2, -0.15) is 0 Å². The van der Waals surface area contributed by atoms with Gasteiger partial charge in [-0.25, -0.2) is 0 Å². The van der Waals surface area contributed by atoms with Gasteiger partial charge in [-0.15, -0.1) is 0 Å². The lowest BCUT2D eigenvalue weighted by atomic mass is 9.91. The van der Waals surface area contributed by atoms with Crippen LogP contribution in [0.4, 0.5) is 11.4 Å². The molecule has 4 nitrogen and oxygen atoms in total. The van der Waals surface area contributed by atoms with Gasteiger partial charge in [0.15, 0.2) is 0 Å². The molecule has 1 N–H and O–H groups in total. The predicted octanol–water partition coefficient (Wildman–Crippen LogP) is 3.82. The topological polar surface area (TPSA) is 35.6 Å². The second kappa shape index (κ2) is 8.13. The Morgan fingerprint density at radius 2 is 1.78 bits per heavy atom. The van der Waals surface area contributed by atoms with Crippen LogP contribution in [-0.4, -0.2) is 31.6 Å². The number of carbonyl (C=O) groups is 1. The number of rotatable bonds is 3. The maximum atomic E-state index is 13.4. The lowest BCUT2D eigenvalue weighted by Crippen LogP contribution is -2.44. The minimum atomic E-state index is 0.134. The minimum Gasteiger partial charge on any atom is -0.365 e. The highest BCUT2D eigenvalue weighted by Crippen LogP contribution is 2.35. The zero-order chi connectivity index (χ0) is 18.6. The van der Waals surface area contributed by atoms with Crippen LogP contribution in [0.2, 0.25) is 0 Å².